The van der Waals surface area contributed by atoms with E-state index in [0.29, 0.717) is 22.7 Å². The molecule has 0 unspecified atom stereocenters. The number of methoxy groups -OCH3 is 1. The Morgan fingerprint density at radius 2 is 2.18 bits per heavy atom. The van der Waals surface area contributed by atoms with E-state index in [2.05, 4.69) is 11.2 Å². The Labute approximate surface area is 126 Å². The summed E-state index contributed by atoms with van der Waals surface area (Å²) in [5.74, 6) is 0.0213. The monoisotopic (exact) mass is 293 g/mol. The van der Waals surface area contributed by atoms with Crippen LogP contribution in [-0.4, -0.2) is 22.9 Å². The average Bonchev–Trinajstić information content (AvgIpc) is 3.23. The van der Waals surface area contributed by atoms with Crippen LogP contribution in [0.1, 0.15) is 16.1 Å². The molecule has 0 aliphatic rings. The normalized spacial score (nSPS) is 10.2. The van der Waals surface area contributed by atoms with Crippen LogP contribution in [0.4, 0.5) is 0 Å². The molecule has 2 heterocycles. The number of furan rings is 1. The molecule has 0 aliphatic heterocycles. The molecule has 6 heteroatoms. The molecule has 0 spiro atoms. The van der Waals surface area contributed by atoms with Crippen LogP contribution in [0.5, 0.6) is 0 Å². The molecule has 6 nitrogen and oxygen atoms in total. The van der Waals surface area contributed by atoms with E-state index < -0.39 is 5.97 Å². The molecule has 0 amide bonds. The first-order chi connectivity index (χ1) is 10.7. The number of hydrogen-bond donors (Lipinski definition) is 0. The van der Waals surface area contributed by atoms with Crippen LogP contribution < -0.4 is 0 Å². The number of benzene rings is 1. The first-order valence-corrected chi connectivity index (χ1v) is 6.45. The minimum atomic E-state index is -0.539. The van der Waals surface area contributed by atoms with Gasteiger partial charge in [-0.1, -0.05) is 6.07 Å². The van der Waals surface area contributed by atoms with Crippen molar-refractivity contribution in [2.24, 2.45) is 0 Å². The molecule has 22 heavy (non-hydrogen) atoms. The fourth-order valence-electron chi connectivity index (χ4n) is 2.09. The summed E-state index contributed by atoms with van der Waals surface area (Å²) in [6.45, 7) is 0. The SMILES string of the molecule is COC(=O)c1cc(-c2ccco2)n(-c2cccc(C#N)c2)n1. The summed E-state index contributed by atoms with van der Waals surface area (Å²) < 4.78 is 11.6. The second-order valence-electron chi connectivity index (χ2n) is 4.46. The fourth-order valence-corrected chi connectivity index (χ4v) is 2.09. The lowest BCUT2D eigenvalue weighted by molar-refractivity contribution is 0.0593. The van der Waals surface area contributed by atoms with E-state index in [1.807, 2.05) is 0 Å². The van der Waals surface area contributed by atoms with Crippen LogP contribution in [0, 0.1) is 11.3 Å². The van der Waals surface area contributed by atoms with Crippen LogP contribution >= 0.6 is 0 Å². The maximum atomic E-state index is 11.7. The van der Waals surface area contributed by atoms with E-state index in [4.69, 9.17) is 14.4 Å². The molecule has 0 aliphatic carbocycles. The Bertz CT molecular complexity index is 857. The van der Waals surface area contributed by atoms with Crippen LogP contribution in [0.25, 0.3) is 17.1 Å². The third-order valence-electron chi connectivity index (χ3n) is 3.10. The first kappa shape index (κ1) is 13.6. The van der Waals surface area contributed by atoms with Crippen molar-refractivity contribution in [3.8, 4) is 23.2 Å². The molecular weight excluding hydrogens is 282 g/mol. The summed E-state index contributed by atoms with van der Waals surface area (Å²) in [7, 11) is 1.30. The van der Waals surface area contributed by atoms with Crippen molar-refractivity contribution in [2.45, 2.75) is 0 Å². The van der Waals surface area contributed by atoms with Crippen molar-refractivity contribution in [1.29, 1.82) is 5.26 Å². The van der Waals surface area contributed by atoms with E-state index >= 15 is 0 Å². The molecule has 0 N–H and O–H groups in total. The first-order valence-electron chi connectivity index (χ1n) is 6.45. The number of nitrogens with zero attached hydrogens (tertiary/aromatic N) is 3. The molecule has 0 saturated carbocycles. The van der Waals surface area contributed by atoms with Crippen LogP contribution in [0.2, 0.25) is 0 Å². The number of carbonyl (C=O) groups is 1. The van der Waals surface area contributed by atoms with E-state index in [9.17, 15) is 4.79 Å². The molecule has 108 valence electrons. The minimum Gasteiger partial charge on any atom is -0.464 e. The predicted molar refractivity (Wildman–Crippen MR) is 77.3 cm³/mol. The quantitative estimate of drug-likeness (QED) is 0.693. The highest BCUT2D eigenvalue weighted by molar-refractivity contribution is 5.88. The summed E-state index contributed by atoms with van der Waals surface area (Å²) in [4.78, 5) is 11.7. The van der Waals surface area contributed by atoms with E-state index in [-0.39, 0.29) is 5.69 Å². The van der Waals surface area contributed by atoms with Crippen molar-refractivity contribution in [2.75, 3.05) is 7.11 Å². The standard InChI is InChI=1S/C16H11N3O3/c1-21-16(20)13-9-14(15-6-3-7-22-15)19(18-13)12-5-2-4-11(8-12)10-17/h2-9H,1H3. The molecular formula is C16H11N3O3. The van der Waals surface area contributed by atoms with Crippen LogP contribution in [0.3, 0.4) is 0 Å². The largest absolute Gasteiger partial charge is 0.464 e. The van der Waals surface area contributed by atoms with Gasteiger partial charge < -0.3 is 9.15 Å². The Hall–Kier alpha value is -3.33. The molecule has 0 radical (unpaired) electrons. The third kappa shape index (κ3) is 2.36. The lowest BCUT2D eigenvalue weighted by atomic mass is 10.2. The molecule has 0 fully saturated rings. The van der Waals surface area contributed by atoms with Crippen molar-refractivity contribution in [3.63, 3.8) is 0 Å². The maximum absolute atomic E-state index is 11.7. The lowest BCUT2D eigenvalue weighted by Gasteiger charge is -2.05. The van der Waals surface area contributed by atoms with Gasteiger partial charge in [-0.15, -0.1) is 0 Å². The van der Waals surface area contributed by atoms with Gasteiger partial charge in [0.2, 0.25) is 0 Å². The van der Waals surface area contributed by atoms with Gasteiger partial charge in [0, 0.05) is 6.07 Å². The molecule has 1 aromatic carbocycles. The second kappa shape index (κ2) is 5.58. The maximum Gasteiger partial charge on any atom is 0.358 e. The number of nitriles is 1. The zero-order valence-corrected chi connectivity index (χ0v) is 11.7. The summed E-state index contributed by atoms with van der Waals surface area (Å²) >= 11 is 0. The summed E-state index contributed by atoms with van der Waals surface area (Å²) in [6.07, 6.45) is 1.54. The number of aromatic nitrogens is 2. The second-order valence-corrected chi connectivity index (χ2v) is 4.46. The zero-order valence-electron chi connectivity index (χ0n) is 11.7. The highest BCUT2D eigenvalue weighted by atomic mass is 16.5. The molecule has 0 atom stereocenters. The Morgan fingerprint density at radius 3 is 2.86 bits per heavy atom. The summed E-state index contributed by atoms with van der Waals surface area (Å²) in [6, 6.07) is 14.1. The average molecular weight is 293 g/mol. The number of hydrogen-bond acceptors (Lipinski definition) is 5. The van der Waals surface area contributed by atoms with Gasteiger partial charge in [-0.25, -0.2) is 9.48 Å². The molecule has 0 saturated heterocycles. The predicted octanol–water partition coefficient (Wildman–Crippen LogP) is 2.79. The minimum absolute atomic E-state index is 0.163. The van der Waals surface area contributed by atoms with Gasteiger partial charge in [-0.2, -0.15) is 10.4 Å². The molecule has 3 rings (SSSR count). The summed E-state index contributed by atoms with van der Waals surface area (Å²) in [5, 5.41) is 13.3. The zero-order chi connectivity index (χ0) is 15.5. The van der Waals surface area contributed by atoms with Gasteiger partial charge in [-0.05, 0) is 30.3 Å². The summed E-state index contributed by atoms with van der Waals surface area (Å²) in [5.41, 5.74) is 1.91. The molecule has 0 bridgehead atoms. The third-order valence-corrected chi connectivity index (χ3v) is 3.10. The smallest absolute Gasteiger partial charge is 0.358 e. The number of rotatable bonds is 3. The highest BCUT2D eigenvalue weighted by Gasteiger charge is 2.18. The van der Waals surface area contributed by atoms with E-state index in [1.54, 1.807) is 47.1 Å². The van der Waals surface area contributed by atoms with Gasteiger partial charge in [0.25, 0.3) is 0 Å². The van der Waals surface area contributed by atoms with Crippen molar-refractivity contribution < 1.29 is 13.9 Å². The van der Waals surface area contributed by atoms with Crippen LogP contribution in [-0.2, 0) is 4.74 Å². The lowest BCUT2D eigenvalue weighted by Crippen LogP contribution is -2.04. The topological polar surface area (TPSA) is 81.0 Å². The van der Waals surface area contributed by atoms with E-state index in [0.717, 1.165) is 0 Å². The van der Waals surface area contributed by atoms with Crippen molar-refractivity contribution in [1.82, 2.24) is 9.78 Å². The number of ether oxygens (including phenoxy) is 1. The Balaban J connectivity index is 2.19. The Kier molecular flexibility index (Phi) is 3.46. The number of carbonyl (C=O) groups excluding carboxylic acids is 1. The van der Waals surface area contributed by atoms with Gasteiger partial charge in [0.15, 0.2) is 11.5 Å². The van der Waals surface area contributed by atoms with Crippen molar-refractivity contribution >= 4 is 5.97 Å². The Morgan fingerprint density at radius 1 is 1.32 bits per heavy atom. The molecule has 3 aromatic rings. The van der Waals surface area contributed by atoms with Crippen molar-refractivity contribution in [3.05, 3.63) is 60.0 Å². The van der Waals surface area contributed by atoms with Gasteiger partial charge in [0.05, 0.1) is 30.7 Å². The van der Waals surface area contributed by atoms with Gasteiger partial charge in [0.1, 0.15) is 5.69 Å². The van der Waals surface area contributed by atoms with Gasteiger partial charge >= 0.3 is 5.97 Å². The number of esters is 1. The molecule has 2 aromatic heterocycles. The van der Waals surface area contributed by atoms with E-state index in [1.165, 1.54) is 13.4 Å². The van der Waals surface area contributed by atoms with Gasteiger partial charge in [-0.3, -0.25) is 0 Å². The fraction of sp³-hybridized carbons (Fsp3) is 0.0625. The highest BCUT2D eigenvalue weighted by Crippen LogP contribution is 2.25. The van der Waals surface area contributed by atoms with Crippen LogP contribution in [0.15, 0.2) is 53.1 Å².